The minimum Gasteiger partial charge on any atom is -0.508 e. The molecule has 1 saturated carbocycles. The van der Waals surface area contributed by atoms with Crippen molar-refractivity contribution in [2.75, 3.05) is 0 Å². The van der Waals surface area contributed by atoms with Crippen LogP contribution >= 0.6 is 0 Å². The molecule has 0 spiro atoms. The van der Waals surface area contributed by atoms with Crippen molar-refractivity contribution in [1.29, 1.82) is 0 Å². The van der Waals surface area contributed by atoms with E-state index in [9.17, 15) is 14.7 Å². The number of phenols is 1. The number of carbonyl (C=O) groups is 2. The molecule has 6 heteroatoms. The Balaban J connectivity index is 1.42. The highest BCUT2D eigenvalue weighted by Crippen LogP contribution is 2.47. The molecular weight excluding hydrogens is 308 g/mol. The highest BCUT2D eigenvalue weighted by Gasteiger charge is 2.36. The van der Waals surface area contributed by atoms with Gasteiger partial charge in [-0.05, 0) is 42.7 Å². The fourth-order valence-corrected chi connectivity index (χ4v) is 2.59. The molecule has 1 heterocycles. The highest BCUT2D eigenvalue weighted by atomic mass is 16.3. The van der Waals surface area contributed by atoms with Crippen LogP contribution < -0.4 is 10.9 Å². The van der Waals surface area contributed by atoms with Crippen LogP contribution in [0, 0.1) is 5.92 Å². The summed E-state index contributed by atoms with van der Waals surface area (Å²) in [6.45, 7) is 2.19. The number of hydrogen-bond donors (Lipinski definition) is 3. The number of carbonyl (C=O) groups excluding carboxylic acids is 2. The van der Waals surface area contributed by atoms with Crippen LogP contribution in [-0.4, -0.2) is 16.9 Å². The molecule has 2 unspecified atom stereocenters. The molecular formula is C18H20N2O4. The minimum atomic E-state index is -0.484. The Bertz CT molecular complexity index is 753. The fraction of sp³-hybridized carbons (Fsp3) is 0.333. The molecule has 0 aliphatic heterocycles. The SMILES string of the molecule is CC1CC1c1ccc(CCC(=O)NNC(=O)c2cccc(O)c2)o1. The number of furan rings is 1. The maximum Gasteiger partial charge on any atom is 0.269 e. The zero-order valence-corrected chi connectivity index (χ0v) is 13.4. The Morgan fingerprint density at radius 3 is 2.75 bits per heavy atom. The van der Waals surface area contributed by atoms with E-state index in [1.165, 1.54) is 12.1 Å². The van der Waals surface area contributed by atoms with Crippen molar-refractivity contribution in [2.24, 2.45) is 5.92 Å². The normalized spacial score (nSPS) is 18.9. The van der Waals surface area contributed by atoms with Gasteiger partial charge in [-0.25, -0.2) is 0 Å². The number of phenolic OH excluding ortho intramolecular Hbond substituents is 1. The van der Waals surface area contributed by atoms with Crippen molar-refractivity contribution >= 4 is 11.8 Å². The van der Waals surface area contributed by atoms with Crippen LogP contribution in [0.4, 0.5) is 0 Å². The lowest BCUT2D eigenvalue weighted by Crippen LogP contribution is -2.41. The summed E-state index contributed by atoms with van der Waals surface area (Å²) in [4.78, 5) is 23.6. The lowest BCUT2D eigenvalue weighted by Gasteiger charge is -2.07. The van der Waals surface area contributed by atoms with Crippen LogP contribution in [0.25, 0.3) is 0 Å². The second-order valence-electron chi connectivity index (χ2n) is 6.18. The van der Waals surface area contributed by atoms with Gasteiger partial charge in [0.05, 0.1) is 0 Å². The smallest absolute Gasteiger partial charge is 0.269 e. The summed E-state index contributed by atoms with van der Waals surface area (Å²) in [7, 11) is 0. The Kier molecular flexibility index (Phi) is 4.55. The van der Waals surface area contributed by atoms with E-state index >= 15 is 0 Å². The minimum absolute atomic E-state index is 0.00687. The Morgan fingerprint density at radius 1 is 1.25 bits per heavy atom. The number of hydrogen-bond acceptors (Lipinski definition) is 4. The topological polar surface area (TPSA) is 91.6 Å². The Morgan fingerprint density at radius 2 is 2.04 bits per heavy atom. The van der Waals surface area contributed by atoms with Gasteiger partial charge in [0.25, 0.3) is 5.91 Å². The fourth-order valence-electron chi connectivity index (χ4n) is 2.59. The van der Waals surface area contributed by atoms with Crippen molar-refractivity contribution in [1.82, 2.24) is 10.9 Å². The van der Waals surface area contributed by atoms with Gasteiger partial charge >= 0.3 is 0 Å². The third-order valence-corrected chi connectivity index (χ3v) is 4.18. The molecule has 0 radical (unpaired) electrons. The molecule has 2 amide bonds. The van der Waals surface area contributed by atoms with E-state index < -0.39 is 5.91 Å². The number of rotatable bonds is 5. The molecule has 3 N–H and O–H groups in total. The predicted molar refractivity (Wildman–Crippen MR) is 87.3 cm³/mol. The van der Waals surface area contributed by atoms with Crippen molar-refractivity contribution in [3.8, 4) is 5.75 Å². The predicted octanol–water partition coefficient (Wildman–Crippen LogP) is 2.50. The molecule has 1 aliphatic carbocycles. The quantitative estimate of drug-likeness (QED) is 0.735. The summed E-state index contributed by atoms with van der Waals surface area (Å²) in [5.74, 6) is 2.18. The molecule has 1 aromatic carbocycles. The van der Waals surface area contributed by atoms with Gasteiger partial charge in [-0.1, -0.05) is 13.0 Å². The first-order valence-electron chi connectivity index (χ1n) is 8.00. The van der Waals surface area contributed by atoms with Crippen molar-refractivity contribution in [2.45, 2.75) is 32.1 Å². The van der Waals surface area contributed by atoms with Crippen LogP contribution in [0.2, 0.25) is 0 Å². The lowest BCUT2D eigenvalue weighted by molar-refractivity contribution is -0.121. The average Bonchev–Trinajstić information content (AvgIpc) is 3.11. The zero-order chi connectivity index (χ0) is 17.1. The largest absolute Gasteiger partial charge is 0.508 e. The molecule has 1 fully saturated rings. The average molecular weight is 328 g/mol. The van der Waals surface area contributed by atoms with Crippen LogP contribution in [0.15, 0.2) is 40.8 Å². The first kappa shape index (κ1) is 16.1. The Hall–Kier alpha value is -2.76. The van der Waals surface area contributed by atoms with E-state index in [2.05, 4.69) is 17.8 Å². The van der Waals surface area contributed by atoms with E-state index in [0.29, 0.717) is 18.3 Å². The number of aryl methyl sites for hydroxylation is 1. The van der Waals surface area contributed by atoms with Gasteiger partial charge in [0.1, 0.15) is 17.3 Å². The summed E-state index contributed by atoms with van der Waals surface area (Å²) < 4.78 is 5.74. The van der Waals surface area contributed by atoms with E-state index in [1.54, 1.807) is 12.1 Å². The van der Waals surface area contributed by atoms with Gasteiger partial charge < -0.3 is 9.52 Å². The molecule has 0 bridgehead atoms. The molecule has 2 atom stereocenters. The van der Waals surface area contributed by atoms with E-state index in [-0.39, 0.29) is 23.6 Å². The molecule has 0 saturated heterocycles. The van der Waals surface area contributed by atoms with E-state index in [1.807, 2.05) is 12.1 Å². The number of benzene rings is 1. The van der Waals surface area contributed by atoms with Gasteiger partial charge in [0.2, 0.25) is 5.91 Å². The Labute approximate surface area is 139 Å². The van der Waals surface area contributed by atoms with Gasteiger partial charge in [-0.15, -0.1) is 0 Å². The van der Waals surface area contributed by atoms with Crippen LogP contribution in [0.1, 0.15) is 47.6 Å². The van der Waals surface area contributed by atoms with Crippen molar-refractivity contribution < 1.29 is 19.1 Å². The molecule has 126 valence electrons. The molecule has 2 aromatic rings. The molecule has 24 heavy (non-hydrogen) atoms. The molecule has 1 aliphatic rings. The first-order valence-corrected chi connectivity index (χ1v) is 8.00. The monoisotopic (exact) mass is 328 g/mol. The van der Waals surface area contributed by atoms with E-state index in [0.717, 1.165) is 17.9 Å². The molecule has 3 rings (SSSR count). The molecule has 6 nitrogen and oxygen atoms in total. The third kappa shape index (κ3) is 3.95. The number of amides is 2. The molecule has 1 aromatic heterocycles. The number of aromatic hydroxyl groups is 1. The maximum absolute atomic E-state index is 11.8. The van der Waals surface area contributed by atoms with Crippen LogP contribution in [0.5, 0.6) is 5.75 Å². The maximum atomic E-state index is 11.8. The van der Waals surface area contributed by atoms with Crippen LogP contribution in [0.3, 0.4) is 0 Å². The number of nitrogens with one attached hydrogen (secondary N) is 2. The van der Waals surface area contributed by atoms with Crippen molar-refractivity contribution in [3.05, 3.63) is 53.5 Å². The summed E-state index contributed by atoms with van der Waals surface area (Å²) in [6, 6.07) is 9.77. The summed E-state index contributed by atoms with van der Waals surface area (Å²) in [5, 5.41) is 9.33. The summed E-state index contributed by atoms with van der Waals surface area (Å²) >= 11 is 0. The second-order valence-corrected chi connectivity index (χ2v) is 6.18. The van der Waals surface area contributed by atoms with Gasteiger partial charge in [-0.3, -0.25) is 20.4 Å². The van der Waals surface area contributed by atoms with Crippen LogP contribution in [-0.2, 0) is 11.2 Å². The first-order chi connectivity index (χ1) is 11.5. The van der Waals surface area contributed by atoms with Gasteiger partial charge in [0.15, 0.2) is 0 Å². The summed E-state index contributed by atoms with van der Waals surface area (Å²) in [5.41, 5.74) is 4.95. The highest BCUT2D eigenvalue weighted by molar-refractivity contribution is 5.95. The number of hydrazine groups is 1. The lowest BCUT2D eigenvalue weighted by atomic mass is 10.2. The standard InChI is InChI=1S/C18H20N2O4/c1-11-9-15(11)16-7-5-14(24-16)6-8-17(22)19-20-18(23)12-3-2-4-13(21)10-12/h2-5,7,10-11,15,21H,6,8-9H2,1H3,(H,19,22)(H,20,23). The van der Waals surface area contributed by atoms with Gasteiger partial charge in [0, 0.05) is 24.3 Å². The zero-order valence-electron chi connectivity index (χ0n) is 13.4. The summed E-state index contributed by atoms with van der Waals surface area (Å²) in [6.07, 6.45) is 1.86. The second kappa shape index (κ2) is 6.78. The van der Waals surface area contributed by atoms with E-state index in [4.69, 9.17) is 4.42 Å². The third-order valence-electron chi connectivity index (χ3n) is 4.18. The van der Waals surface area contributed by atoms with Crippen molar-refractivity contribution in [3.63, 3.8) is 0 Å². The van der Waals surface area contributed by atoms with Gasteiger partial charge in [-0.2, -0.15) is 0 Å².